The largest absolute Gasteiger partial charge is 0.330 e. The molecule has 0 aliphatic carbocycles. The summed E-state index contributed by atoms with van der Waals surface area (Å²) in [7, 11) is 1.57. The van der Waals surface area contributed by atoms with Gasteiger partial charge in [-0.15, -0.1) is 5.10 Å². The number of benzene rings is 3. The Kier molecular flexibility index (Phi) is 6.59. The zero-order valence-corrected chi connectivity index (χ0v) is 18.6. The summed E-state index contributed by atoms with van der Waals surface area (Å²) < 4.78 is 1.65. The Hall–Kier alpha value is -4.26. The molecule has 1 N–H and O–H groups in total. The highest BCUT2D eigenvalue weighted by Crippen LogP contribution is 2.21. The minimum absolute atomic E-state index is 0.0296. The molecule has 1 aromatic heterocycles. The smallest absolute Gasteiger partial charge is 0.293 e. The predicted octanol–water partition coefficient (Wildman–Crippen LogP) is 4.21. The van der Waals surface area contributed by atoms with E-state index < -0.39 is 5.91 Å². The van der Waals surface area contributed by atoms with Crippen LogP contribution in [0.1, 0.15) is 23.1 Å². The molecule has 7 nitrogen and oxygen atoms in total. The first-order valence-corrected chi connectivity index (χ1v) is 10.8. The van der Waals surface area contributed by atoms with Gasteiger partial charge in [0.1, 0.15) is 0 Å². The lowest BCUT2D eigenvalue weighted by Crippen LogP contribution is -2.35. The van der Waals surface area contributed by atoms with Crippen LogP contribution in [0.4, 0.5) is 5.69 Å². The quantitative estimate of drug-likeness (QED) is 0.468. The number of aryl methyl sites for hydroxylation is 1. The minimum Gasteiger partial charge on any atom is -0.330 e. The third-order valence-electron chi connectivity index (χ3n) is 5.23. The fourth-order valence-corrected chi connectivity index (χ4v) is 3.52. The monoisotopic (exact) mass is 439 g/mol. The van der Waals surface area contributed by atoms with Crippen LogP contribution in [0, 0.1) is 0 Å². The second-order valence-electron chi connectivity index (χ2n) is 7.59. The fraction of sp³-hybridized carbons (Fsp3) is 0.154. The average Bonchev–Trinajstić information content (AvgIpc) is 3.30. The average molecular weight is 440 g/mol. The summed E-state index contributed by atoms with van der Waals surface area (Å²) in [6.45, 7) is 1.91. The van der Waals surface area contributed by atoms with Crippen LogP contribution >= 0.6 is 0 Å². The van der Waals surface area contributed by atoms with Crippen molar-refractivity contribution >= 4 is 17.5 Å². The number of hydrogen-bond donors (Lipinski definition) is 1. The van der Waals surface area contributed by atoms with E-state index in [2.05, 4.69) is 15.4 Å². The lowest BCUT2D eigenvalue weighted by Gasteiger charge is -2.16. The van der Waals surface area contributed by atoms with Gasteiger partial charge >= 0.3 is 0 Å². The number of aromatic nitrogens is 3. The molecule has 4 rings (SSSR count). The maximum absolute atomic E-state index is 13.1. The lowest BCUT2D eigenvalue weighted by atomic mass is 10.1. The first-order valence-electron chi connectivity index (χ1n) is 10.8. The number of rotatable bonds is 7. The predicted molar refractivity (Wildman–Crippen MR) is 128 cm³/mol. The molecule has 0 saturated carbocycles. The van der Waals surface area contributed by atoms with E-state index in [1.54, 1.807) is 11.7 Å². The number of anilines is 1. The van der Waals surface area contributed by atoms with Gasteiger partial charge in [-0.05, 0) is 30.2 Å². The number of carbonyl (C=O) groups excluding carboxylic acids is 2. The molecular formula is C26H25N5O2. The van der Waals surface area contributed by atoms with Gasteiger partial charge in [-0.3, -0.25) is 9.59 Å². The number of carbonyl (C=O) groups is 2. The molecule has 7 heteroatoms. The van der Waals surface area contributed by atoms with Crippen LogP contribution in [0.25, 0.3) is 17.1 Å². The van der Waals surface area contributed by atoms with E-state index in [1.165, 1.54) is 4.90 Å². The third kappa shape index (κ3) is 4.98. The van der Waals surface area contributed by atoms with Gasteiger partial charge in [-0.2, -0.15) is 0 Å². The van der Waals surface area contributed by atoms with E-state index in [4.69, 9.17) is 0 Å². The number of likely N-dealkylation sites (N-methyl/N-ethyl adjacent to an activating group) is 1. The molecule has 166 valence electrons. The van der Waals surface area contributed by atoms with Crippen molar-refractivity contribution in [1.29, 1.82) is 0 Å². The van der Waals surface area contributed by atoms with E-state index in [0.29, 0.717) is 5.82 Å². The van der Waals surface area contributed by atoms with E-state index in [-0.39, 0.29) is 18.3 Å². The van der Waals surface area contributed by atoms with Crippen molar-refractivity contribution < 1.29 is 9.59 Å². The molecule has 0 unspecified atom stereocenters. The first-order chi connectivity index (χ1) is 16.1. The zero-order valence-electron chi connectivity index (χ0n) is 18.6. The summed E-state index contributed by atoms with van der Waals surface area (Å²) in [5, 5.41) is 7.37. The molecule has 0 fully saturated rings. The second-order valence-corrected chi connectivity index (χ2v) is 7.59. The van der Waals surface area contributed by atoms with Crippen molar-refractivity contribution in [3.05, 3.63) is 96.3 Å². The molecule has 3 aromatic carbocycles. The zero-order chi connectivity index (χ0) is 23.2. The number of amides is 2. The molecular weight excluding hydrogens is 414 g/mol. The van der Waals surface area contributed by atoms with Gasteiger partial charge in [0.05, 0.1) is 12.2 Å². The SMILES string of the molecule is CCc1ccccc1NC(=O)CN(C)C(=O)c1nc(-c2ccccc2)n(-c2ccccc2)n1. The van der Waals surface area contributed by atoms with E-state index in [9.17, 15) is 9.59 Å². The maximum atomic E-state index is 13.1. The van der Waals surface area contributed by atoms with Gasteiger partial charge < -0.3 is 10.2 Å². The summed E-state index contributed by atoms with van der Waals surface area (Å²) in [6.07, 6.45) is 0.800. The molecule has 0 radical (unpaired) electrons. The molecule has 0 spiro atoms. The van der Waals surface area contributed by atoms with E-state index in [0.717, 1.165) is 28.9 Å². The topological polar surface area (TPSA) is 80.1 Å². The van der Waals surface area contributed by atoms with Crippen LogP contribution in [-0.2, 0) is 11.2 Å². The second kappa shape index (κ2) is 9.91. The van der Waals surface area contributed by atoms with Crippen LogP contribution in [-0.4, -0.2) is 45.1 Å². The van der Waals surface area contributed by atoms with Crippen LogP contribution in [0.5, 0.6) is 0 Å². The Bertz CT molecular complexity index is 1200. The molecule has 0 aliphatic rings. The highest BCUT2D eigenvalue weighted by atomic mass is 16.2. The van der Waals surface area contributed by atoms with E-state index >= 15 is 0 Å². The van der Waals surface area contributed by atoms with Gasteiger partial charge in [0.25, 0.3) is 5.91 Å². The summed E-state index contributed by atoms with van der Waals surface area (Å²) in [4.78, 5) is 31.5. The van der Waals surface area contributed by atoms with Gasteiger partial charge in [0.15, 0.2) is 5.82 Å². The molecule has 1 heterocycles. The molecule has 0 saturated heterocycles. The minimum atomic E-state index is -0.430. The van der Waals surface area contributed by atoms with Gasteiger partial charge in [0, 0.05) is 18.3 Å². The first kappa shape index (κ1) is 22.0. The lowest BCUT2D eigenvalue weighted by molar-refractivity contribution is -0.116. The summed E-state index contributed by atoms with van der Waals surface area (Å²) in [5.41, 5.74) is 3.42. The summed E-state index contributed by atoms with van der Waals surface area (Å²) in [6, 6.07) is 26.7. The Labute approximate surface area is 192 Å². The maximum Gasteiger partial charge on any atom is 0.293 e. The standard InChI is InChI=1S/C26H25N5O2/c1-3-19-12-10-11-17-22(19)27-23(32)18-30(2)26(33)24-28-25(20-13-6-4-7-14-20)31(29-24)21-15-8-5-9-16-21/h4-17H,3,18H2,1-2H3,(H,27,32). The Morgan fingerprint density at radius 2 is 1.55 bits per heavy atom. The van der Waals surface area contributed by atoms with Crippen molar-refractivity contribution in [2.45, 2.75) is 13.3 Å². The molecule has 4 aromatic rings. The summed E-state index contributed by atoms with van der Waals surface area (Å²) in [5.74, 6) is -0.125. The fourth-order valence-electron chi connectivity index (χ4n) is 3.52. The van der Waals surface area contributed by atoms with Crippen molar-refractivity contribution in [3.8, 4) is 17.1 Å². The molecule has 0 bridgehead atoms. The molecule has 0 atom stereocenters. The van der Waals surface area contributed by atoms with Gasteiger partial charge in [-0.1, -0.05) is 73.7 Å². The Morgan fingerprint density at radius 1 is 0.909 bits per heavy atom. The molecule has 2 amide bonds. The normalized spacial score (nSPS) is 10.6. The third-order valence-corrected chi connectivity index (χ3v) is 5.23. The van der Waals surface area contributed by atoms with Crippen LogP contribution in [0.2, 0.25) is 0 Å². The molecule has 0 aliphatic heterocycles. The van der Waals surface area contributed by atoms with Crippen molar-refractivity contribution in [2.75, 3.05) is 18.9 Å². The van der Waals surface area contributed by atoms with Crippen molar-refractivity contribution in [1.82, 2.24) is 19.7 Å². The highest BCUT2D eigenvalue weighted by molar-refractivity contribution is 5.98. The highest BCUT2D eigenvalue weighted by Gasteiger charge is 2.23. The van der Waals surface area contributed by atoms with Gasteiger partial charge in [0.2, 0.25) is 11.7 Å². The molecule has 33 heavy (non-hydrogen) atoms. The number of nitrogens with zero attached hydrogens (tertiary/aromatic N) is 4. The Balaban J connectivity index is 1.56. The van der Waals surface area contributed by atoms with Crippen molar-refractivity contribution in [3.63, 3.8) is 0 Å². The van der Waals surface area contributed by atoms with Crippen LogP contribution in [0.15, 0.2) is 84.9 Å². The van der Waals surface area contributed by atoms with Gasteiger partial charge in [-0.25, -0.2) is 9.67 Å². The summed E-state index contributed by atoms with van der Waals surface area (Å²) >= 11 is 0. The van der Waals surface area contributed by atoms with E-state index in [1.807, 2.05) is 91.9 Å². The number of nitrogens with one attached hydrogen (secondary N) is 1. The Morgan fingerprint density at radius 3 is 2.24 bits per heavy atom. The van der Waals surface area contributed by atoms with Crippen LogP contribution in [0.3, 0.4) is 0 Å². The number of hydrogen-bond acceptors (Lipinski definition) is 4. The number of para-hydroxylation sites is 2. The van der Waals surface area contributed by atoms with Crippen LogP contribution < -0.4 is 5.32 Å². The van der Waals surface area contributed by atoms with Crippen molar-refractivity contribution in [2.24, 2.45) is 0 Å².